The average molecular weight is 309 g/mol. The Hall–Kier alpha value is -1.52. The van der Waals surface area contributed by atoms with Gasteiger partial charge in [0.15, 0.2) is 0 Å². The van der Waals surface area contributed by atoms with Crippen molar-refractivity contribution in [2.24, 2.45) is 0 Å². The maximum atomic E-state index is 6.03. The number of aryl methyl sites for hydroxylation is 3. The molecule has 1 aromatic carbocycles. The minimum atomic E-state index is 0.554. The Kier molecular flexibility index (Phi) is 3.94. The highest BCUT2D eigenvalue weighted by molar-refractivity contribution is 6.31. The van der Waals surface area contributed by atoms with E-state index in [1.807, 2.05) is 35.1 Å². The molecule has 0 saturated carbocycles. The second-order valence-electron chi connectivity index (χ2n) is 4.52. The third-order valence-corrected chi connectivity index (χ3v) is 3.64. The largest absolute Gasteiger partial charge is 0.326 e. The number of nitrogens with zero attached hydrogens (tertiary/aromatic N) is 4. The summed E-state index contributed by atoms with van der Waals surface area (Å²) in [5.74, 6) is 1.54. The molecule has 3 aromatic rings. The van der Waals surface area contributed by atoms with Crippen molar-refractivity contribution in [3.63, 3.8) is 0 Å². The van der Waals surface area contributed by atoms with Crippen molar-refractivity contribution >= 4 is 34.2 Å². The fourth-order valence-corrected chi connectivity index (χ4v) is 2.65. The van der Waals surface area contributed by atoms with Gasteiger partial charge in [-0.25, -0.2) is 4.98 Å². The Balaban J connectivity index is 1.95. The molecule has 0 spiro atoms. The van der Waals surface area contributed by atoms with E-state index >= 15 is 0 Å². The van der Waals surface area contributed by atoms with Crippen LogP contribution in [-0.2, 0) is 19.5 Å². The van der Waals surface area contributed by atoms with Gasteiger partial charge >= 0.3 is 0 Å². The summed E-state index contributed by atoms with van der Waals surface area (Å²) in [6, 6.07) is 7.70. The van der Waals surface area contributed by atoms with Gasteiger partial charge in [-0.05, 0) is 24.3 Å². The standard InChI is InChI=1S/C14H14Cl2N4/c15-5-4-14-18-12-10-11(16)2-3-13(12)20(14)9-8-19-7-1-6-17-19/h1-3,6-7,10H,4-5,8-9H2. The van der Waals surface area contributed by atoms with Crippen LogP contribution >= 0.6 is 23.2 Å². The van der Waals surface area contributed by atoms with E-state index in [2.05, 4.69) is 14.6 Å². The molecular weight excluding hydrogens is 295 g/mol. The summed E-state index contributed by atoms with van der Waals surface area (Å²) in [6.45, 7) is 1.61. The normalized spacial score (nSPS) is 11.3. The lowest BCUT2D eigenvalue weighted by Crippen LogP contribution is -2.11. The third kappa shape index (κ3) is 2.67. The van der Waals surface area contributed by atoms with Crippen LogP contribution in [0.4, 0.5) is 0 Å². The van der Waals surface area contributed by atoms with Crippen molar-refractivity contribution in [1.29, 1.82) is 0 Å². The summed E-state index contributed by atoms with van der Waals surface area (Å²) >= 11 is 11.9. The van der Waals surface area contributed by atoms with Crippen molar-refractivity contribution in [2.75, 3.05) is 5.88 Å². The molecular formula is C14H14Cl2N4. The van der Waals surface area contributed by atoms with Crippen LogP contribution in [0.3, 0.4) is 0 Å². The smallest absolute Gasteiger partial charge is 0.111 e. The van der Waals surface area contributed by atoms with E-state index in [1.165, 1.54) is 0 Å². The Bertz CT molecular complexity index is 703. The van der Waals surface area contributed by atoms with Crippen LogP contribution in [0, 0.1) is 0 Å². The minimum Gasteiger partial charge on any atom is -0.326 e. The predicted octanol–water partition coefficient (Wildman–Crippen LogP) is 3.37. The molecule has 104 valence electrons. The molecule has 0 atom stereocenters. The summed E-state index contributed by atoms with van der Waals surface area (Å²) in [7, 11) is 0. The monoisotopic (exact) mass is 308 g/mol. The zero-order valence-corrected chi connectivity index (χ0v) is 12.3. The Morgan fingerprint density at radius 1 is 1.20 bits per heavy atom. The van der Waals surface area contributed by atoms with E-state index < -0.39 is 0 Å². The minimum absolute atomic E-state index is 0.554. The summed E-state index contributed by atoms with van der Waals surface area (Å²) in [5.41, 5.74) is 2.00. The van der Waals surface area contributed by atoms with Crippen LogP contribution in [0.2, 0.25) is 5.02 Å². The average Bonchev–Trinajstić information content (AvgIpc) is 3.04. The molecule has 2 aromatic heterocycles. The topological polar surface area (TPSA) is 35.6 Å². The molecule has 3 rings (SSSR count). The van der Waals surface area contributed by atoms with Gasteiger partial charge in [-0.2, -0.15) is 5.10 Å². The molecule has 4 nitrogen and oxygen atoms in total. The van der Waals surface area contributed by atoms with E-state index in [4.69, 9.17) is 23.2 Å². The van der Waals surface area contributed by atoms with E-state index in [-0.39, 0.29) is 0 Å². The lowest BCUT2D eigenvalue weighted by Gasteiger charge is -2.08. The van der Waals surface area contributed by atoms with Crippen molar-refractivity contribution in [1.82, 2.24) is 19.3 Å². The number of rotatable bonds is 5. The fourth-order valence-electron chi connectivity index (χ4n) is 2.31. The first kappa shape index (κ1) is 13.5. The van der Waals surface area contributed by atoms with Gasteiger partial charge in [-0.15, -0.1) is 11.6 Å². The molecule has 20 heavy (non-hydrogen) atoms. The van der Waals surface area contributed by atoms with Gasteiger partial charge in [0.05, 0.1) is 17.6 Å². The van der Waals surface area contributed by atoms with Gasteiger partial charge in [-0.3, -0.25) is 4.68 Å². The zero-order valence-electron chi connectivity index (χ0n) is 10.8. The number of hydrogen-bond acceptors (Lipinski definition) is 2. The highest BCUT2D eigenvalue weighted by Gasteiger charge is 2.10. The van der Waals surface area contributed by atoms with Crippen molar-refractivity contribution in [3.8, 4) is 0 Å². The Morgan fingerprint density at radius 2 is 2.10 bits per heavy atom. The Morgan fingerprint density at radius 3 is 2.85 bits per heavy atom. The molecule has 2 heterocycles. The van der Waals surface area contributed by atoms with E-state index in [9.17, 15) is 0 Å². The van der Waals surface area contributed by atoms with Crippen LogP contribution in [0.25, 0.3) is 11.0 Å². The molecule has 0 aliphatic heterocycles. The zero-order chi connectivity index (χ0) is 13.9. The lowest BCUT2D eigenvalue weighted by atomic mass is 10.3. The first-order valence-corrected chi connectivity index (χ1v) is 7.37. The van der Waals surface area contributed by atoms with Gasteiger partial charge in [0.25, 0.3) is 0 Å². The lowest BCUT2D eigenvalue weighted by molar-refractivity contribution is 0.530. The van der Waals surface area contributed by atoms with E-state index in [0.29, 0.717) is 10.9 Å². The number of fused-ring (bicyclic) bond motifs is 1. The van der Waals surface area contributed by atoms with Crippen LogP contribution in [-0.4, -0.2) is 25.2 Å². The van der Waals surface area contributed by atoms with E-state index in [0.717, 1.165) is 36.4 Å². The second-order valence-corrected chi connectivity index (χ2v) is 5.34. The molecule has 0 bridgehead atoms. The Labute approximate surface area is 126 Å². The summed E-state index contributed by atoms with van der Waals surface area (Å²) < 4.78 is 4.10. The molecule has 6 heteroatoms. The second kappa shape index (κ2) is 5.85. The van der Waals surface area contributed by atoms with Crippen LogP contribution < -0.4 is 0 Å². The predicted molar refractivity (Wildman–Crippen MR) is 81.4 cm³/mol. The molecule has 0 aliphatic rings. The van der Waals surface area contributed by atoms with Gasteiger partial charge in [0.1, 0.15) is 5.82 Å². The van der Waals surface area contributed by atoms with Gasteiger partial charge in [-0.1, -0.05) is 11.6 Å². The molecule has 0 fully saturated rings. The van der Waals surface area contributed by atoms with Crippen LogP contribution in [0.1, 0.15) is 5.82 Å². The maximum Gasteiger partial charge on any atom is 0.111 e. The van der Waals surface area contributed by atoms with Crippen molar-refractivity contribution in [3.05, 3.63) is 47.5 Å². The molecule has 0 amide bonds. The molecule has 0 aliphatic carbocycles. The number of alkyl halides is 1. The fraction of sp³-hybridized carbons (Fsp3) is 0.286. The number of hydrogen-bond donors (Lipinski definition) is 0. The third-order valence-electron chi connectivity index (χ3n) is 3.22. The number of imidazole rings is 1. The molecule has 0 unspecified atom stereocenters. The van der Waals surface area contributed by atoms with Crippen molar-refractivity contribution < 1.29 is 0 Å². The number of benzene rings is 1. The first-order chi connectivity index (χ1) is 9.78. The molecule has 0 radical (unpaired) electrons. The highest BCUT2D eigenvalue weighted by Crippen LogP contribution is 2.21. The molecule has 0 N–H and O–H groups in total. The van der Waals surface area contributed by atoms with Gasteiger partial charge in [0, 0.05) is 36.3 Å². The maximum absolute atomic E-state index is 6.03. The van der Waals surface area contributed by atoms with Gasteiger partial charge in [0.2, 0.25) is 0 Å². The quantitative estimate of drug-likeness (QED) is 0.677. The van der Waals surface area contributed by atoms with Crippen LogP contribution in [0.5, 0.6) is 0 Å². The summed E-state index contributed by atoms with van der Waals surface area (Å²) in [6.07, 6.45) is 4.48. The summed E-state index contributed by atoms with van der Waals surface area (Å²) in [4.78, 5) is 4.63. The van der Waals surface area contributed by atoms with Crippen LogP contribution in [0.15, 0.2) is 36.7 Å². The van der Waals surface area contributed by atoms with Gasteiger partial charge < -0.3 is 4.57 Å². The van der Waals surface area contributed by atoms with Crippen molar-refractivity contribution in [2.45, 2.75) is 19.5 Å². The highest BCUT2D eigenvalue weighted by atomic mass is 35.5. The first-order valence-electron chi connectivity index (χ1n) is 6.46. The summed E-state index contributed by atoms with van der Waals surface area (Å²) in [5, 5.41) is 4.92. The number of halogens is 2. The number of aromatic nitrogens is 4. The molecule has 0 saturated heterocycles. The SMILES string of the molecule is ClCCc1nc2cc(Cl)ccc2n1CCn1cccn1. The van der Waals surface area contributed by atoms with E-state index in [1.54, 1.807) is 6.20 Å².